The maximum atomic E-state index is 12.0. The van der Waals surface area contributed by atoms with Crippen molar-refractivity contribution in [1.29, 1.82) is 0 Å². The number of aryl methyl sites for hydroxylation is 1. The molecule has 0 unspecified atom stereocenters. The highest BCUT2D eigenvalue weighted by Gasteiger charge is 2.19. The van der Waals surface area contributed by atoms with E-state index in [-0.39, 0.29) is 5.91 Å². The van der Waals surface area contributed by atoms with E-state index in [0.29, 0.717) is 12.5 Å². The molecule has 1 amide bonds. The van der Waals surface area contributed by atoms with E-state index in [1.807, 2.05) is 23.4 Å². The van der Waals surface area contributed by atoms with Gasteiger partial charge in [-0.1, -0.05) is 19.3 Å². The third-order valence-electron chi connectivity index (χ3n) is 4.64. The van der Waals surface area contributed by atoms with Crippen LogP contribution in [0.25, 0.3) is 0 Å². The summed E-state index contributed by atoms with van der Waals surface area (Å²) in [7, 11) is 0. The fourth-order valence-corrected chi connectivity index (χ4v) is 3.28. The topological polar surface area (TPSA) is 63.9 Å². The molecule has 1 aliphatic rings. The molecule has 1 fully saturated rings. The third-order valence-corrected chi connectivity index (χ3v) is 4.64. The van der Waals surface area contributed by atoms with Crippen LogP contribution in [0.2, 0.25) is 0 Å². The molecule has 2 rings (SSSR count). The number of tetrazole rings is 1. The van der Waals surface area contributed by atoms with Gasteiger partial charge in [0.25, 0.3) is 0 Å². The largest absolute Gasteiger partial charge is 0.343 e. The smallest absolute Gasteiger partial charge is 0.222 e. The summed E-state index contributed by atoms with van der Waals surface area (Å²) in [6.07, 6.45) is 9.66. The minimum Gasteiger partial charge on any atom is -0.343 e. The van der Waals surface area contributed by atoms with Gasteiger partial charge in [0.2, 0.25) is 5.91 Å². The molecule has 0 spiro atoms. The van der Waals surface area contributed by atoms with Crippen LogP contribution in [0.15, 0.2) is 0 Å². The molecular weight excluding hydrogens is 278 g/mol. The summed E-state index contributed by atoms with van der Waals surface area (Å²) in [6.45, 7) is 5.66. The van der Waals surface area contributed by atoms with Crippen LogP contribution in [0.5, 0.6) is 0 Å². The molecule has 6 nitrogen and oxygen atoms in total. The monoisotopic (exact) mass is 307 g/mol. The van der Waals surface area contributed by atoms with Gasteiger partial charge in [0, 0.05) is 25.9 Å². The summed E-state index contributed by atoms with van der Waals surface area (Å²) in [5.74, 6) is 1.25. The Morgan fingerprint density at radius 2 is 1.91 bits per heavy atom. The van der Waals surface area contributed by atoms with Gasteiger partial charge in [-0.2, -0.15) is 0 Å². The Kier molecular flexibility index (Phi) is 6.80. The number of rotatable bonds is 8. The number of hydrogen-bond acceptors (Lipinski definition) is 4. The standard InChI is InChI=1S/C16H29N5O/c1-3-20(4-2)16(22)13-9-8-12-15-17-18-19-21(15)14-10-6-5-7-11-14/h14H,3-13H2,1-2H3. The Hall–Kier alpha value is -1.46. The molecule has 0 N–H and O–H groups in total. The predicted octanol–water partition coefficient (Wildman–Crippen LogP) is 2.76. The van der Waals surface area contributed by atoms with Gasteiger partial charge in [-0.15, -0.1) is 5.10 Å². The molecule has 1 heterocycles. The first-order valence-electron chi connectivity index (χ1n) is 8.80. The zero-order valence-corrected chi connectivity index (χ0v) is 14.0. The van der Waals surface area contributed by atoms with Crippen LogP contribution in [0, 0.1) is 0 Å². The van der Waals surface area contributed by atoms with Gasteiger partial charge in [-0.05, 0) is 50.0 Å². The van der Waals surface area contributed by atoms with Crippen molar-refractivity contribution in [3.63, 3.8) is 0 Å². The van der Waals surface area contributed by atoms with E-state index in [1.165, 1.54) is 32.1 Å². The molecule has 1 aromatic rings. The fraction of sp³-hybridized carbons (Fsp3) is 0.875. The molecule has 6 heteroatoms. The highest BCUT2D eigenvalue weighted by molar-refractivity contribution is 5.76. The summed E-state index contributed by atoms with van der Waals surface area (Å²) in [6, 6.07) is 0.482. The van der Waals surface area contributed by atoms with Crippen molar-refractivity contribution in [3.8, 4) is 0 Å². The van der Waals surface area contributed by atoms with Crippen LogP contribution in [-0.4, -0.2) is 44.1 Å². The van der Waals surface area contributed by atoms with E-state index < -0.39 is 0 Å². The molecule has 0 atom stereocenters. The van der Waals surface area contributed by atoms with E-state index in [1.54, 1.807) is 0 Å². The van der Waals surface area contributed by atoms with E-state index in [9.17, 15) is 4.79 Å². The summed E-state index contributed by atoms with van der Waals surface area (Å²) in [4.78, 5) is 13.9. The number of nitrogens with zero attached hydrogens (tertiary/aromatic N) is 5. The molecule has 0 aromatic carbocycles. The van der Waals surface area contributed by atoms with Crippen LogP contribution in [0.1, 0.15) is 77.1 Å². The fourth-order valence-electron chi connectivity index (χ4n) is 3.28. The van der Waals surface area contributed by atoms with E-state index >= 15 is 0 Å². The van der Waals surface area contributed by atoms with Gasteiger partial charge < -0.3 is 4.90 Å². The van der Waals surface area contributed by atoms with Crippen LogP contribution in [0.4, 0.5) is 0 Å². The van der Waals surface area contributed by atoms with Crippen molar-refractivity contribution in [2.24, 2.45) is 0 Å². The van der Waals surface area contributed by atoms with Crippen molar-refractivity contribution in [2.75, 3.05) is 13.1 Å². The van der Waals surface area contributed by atoms with Gasteiger partial charge >= 0.3 is 0 Å². The summed E-state index contributed by atoms with van der Waals surface area (Å²) in [5, 5.41) is 12.2. The number of unbranched alkanes of at least 4 members (excludes halogenated alkanes) is 1. The minimum atomic E-state index is 0.261. The lowest BCUT2D eigenvalue weighted by molar-refractivity contribution is -0.130. The lowest BCUT2D eigenvalue weighted by Crippen LogP contribution is -2.30. The van der Waals surface area contributed by atoms with Crippen molar-refractivity contribution in [3.05, 3.63) is 5.82 Å². The summed E-state index contributed by atoms with van der Waals surface area (Å²) < 4.78 is 2.03. The van der Waals surface area contributed by atoms with E-state index in [2.05, 4.69) is 15.5 Å². The van der Waals surface area contributed by atoms with Crippen molar-refractivity contribution >= 4 is 5.91 Å². The van der Waals surface area contributed by atoms with Gasteiger partial charge in [0.05, 0.1) is 6.04 Å². The molecule has 1 aromatic heterocycles. The second kappa shape index (κ2) is 8.86. The Labute approximate surface area is 133 Å². The first-order valence-corrected chi connectivity index (χ1v) is 8.80. The number of aromatic nitrogens is 4. The molecule has 0 saturated heterocycles. The normalized spacial score (nSPS) is 15.9. The molecular formula is C16H29N5O. The molecule has 1 saturated carbocycles. The number of amides is 1. The zero-order chi connectivity index (χ0) is 15.8. The summed E-state index contributed by atoms with van der Waals surface area (Å²) in [5.41, 5.74) is 0. The van der Waals surface area contributed by atoms with Crippen molar-refractivity contribution in [2.45, 2.75) is 77.7 Å². The SMILES string of the molecule is CCN(CC)C(=O)CCCCc1nnnn1C1CCCCC1. The van der Waals surface area contributed by atoms with Crippen molar-refractivity contribution < 1.29 is 4.79 Å². The Morgan fingerprint density at radius 3 is 2.59 bits per heavy atom. The molecule has 1 aliphatic carbocycles. The first kappa shape index (κ1) is 16.9. The number of carbonyl (C=O) groups is 1. The van der Waals surface area contributed by atoms with Gasteiger partial charge in [0.15, 0.2) is 5.82 Å². The van der Waals surface area contributed by atoms with Crippen LogP contribution >= 0.6 is 0 Å². The zero-order valence-electron chi connectivity index (χ0n) is 14.0. The molecule has 0 aliphatic heterocycles. The minimum absolute atomic E-state index is 0.261. The summed E-state index contributed by atoms with van der Waals surface area (Å²) >= 11 is 0. The molecule has 22 heavy (non-hydrogen) atoms. The van der Waals surface area contributed by atoms with Gasteiger partial charge in [-0.3, -0.25) is 4.79 Å². The lowest BCUT2D eigenvalue weighted by Gasteiger charge is -2.22. The van der Waals surface area contributed by atoms with Gasteiger partial charge in [0.1, 0.15) is 0 Å². The average molecular weight is 307 g/mol. The Morgan fingerprint density at radius 1 is 1.18 bits per heavy atom. The Balaban J connectivity index is 1.75. The molecule has 0 radical (unpaired) electrons. The second-order valence-corrected chi connectivity index (χ2v) is 6.10. The van der Waals surface area contributed by atoms with Crippen LogP contribution in [0.3, 0.4) is 0 Å². The molecule has 124 valence electrons. The maximum Gasteiger partial charge on any atom is 0.222 e. The molecule has 0 bridgehead atoms. The maximum absolute atomic E-state index is 12.0. The third kappa shape index (κ3) is 4.52. The quantitative estimate of drug-likeness (QED) is 0.693. The van der Waals surface area contributed by atoms with Crippen molar-refractivity contribution in [1.82, 2.24) is 25.1 Å². The highest BCUT2D eigenvalue weighted by atomic mass is 16.2. The van der Waals surface area contributed by atoms with E-state index in [4.69, 9.17) is 0 Å². The number of carbonyl (C=O) groups excluding carboxylic acids is 1. The number of hydrogen-bond donors (Lipinski definition) is 0. The first-order chi connectivity index (χ1) is 10.8. The second-order valence-electron chi connectivity index (χ2n) is 6.10. The highest BCUT2D eigenvalue weighted by Crippen LogP contribution is 2.28. The predicted molar refractivity (Wildman–Crippen MR) is 85.4 cm³/mol. The average Bonchev–Trinajstić information content (AvgIpc) is 3.02. The Bertz CT molecular complexity index is 449. The van der Waals surface area contributed by atoms with Gasteiger partial charge in [-0.25, -0.2) is 4.68 Å². The van der Waals surface area contributed by atoms with Crippen LogP contribution < -0.4 is 0 Å². The lowest BCUT2D eigenvalue weighted by atomic mass is 9.95. The van der Waals surface area contributed by atoms with E-state index in [0.717, 1.165) is 38.2 Å². The van der Waals surface area contributed by atoms with Crippen LogP contribution in [-0.2, 0) is 11.2 Å².